The maximum atomic E-state index is 6.04. The molecule has 1 atom stereocenters. The molecule has 1 fully saturated rings. The van der Waals surface area contributed by atoms with Crippen molar-refractivity contribution in [2.24, 2.45) is 11.7 Å². The number of rotatable bonds is 5. The van der Waals surface area contributed by atoms with Crippen LogP contribution in [0.4, 0.5) is 0 Å². The zero-order chi connectivity index (χ0) is 14.7. The number of fused-ring (bicyclic) bond motifs is 1. The molecule has 4 heteroatoms. The van der Waals surface area contributed by atoms with Crippen molar-refractivity contribution in [3.63, 3.8) is 0 Å². The number of benzene rings is 1. The molecule has 4 nitrogen and oxygen atoms in total. The average Bonchev–Trinajstić information content (AvgIpc) is 3.01. The van der Waals surface area contributed by atoms with E-state index in [0.717, 1.165) is 24.0 Å². The zero-order valence-electron chi connectivity index (χ0n) is 12.9. The highest BCUT2D eigenvalue weighted by Gasteiger charge is 2.23. The van der Waals surface area contributed by atoms with E-state index in [4.69, 9.17) is 15.2 Å². The van der Waals surface area contributed by atoms with Gasteiger partial charge in [0.1, 0.15) is 13.2 Å². The van der Waals surface area contributed by atoms with E-state index in [1.54, 1.807) is 0 Å². The second-order valence-electron chi connectivity index (χ2n) is 6.24. The van der Waals surface area contributed by atoms with Gasteiger partial charge in [0, 0.05) is 19.1 Å². The highest BCUT2D eigenvalue weighted by molar-refractivity contribution is 5.44. The summed E-state index contributed by atoms with van der Waals surface area (Å²) in [7, 11) is 2.19. The van der Waals surface area contributed by atoms with Crippen molar-refractivity contribution in [3.05, 3.63) is 23.8 Å². The minimum atomic E-state index is 0.251. The van der Waals surface area contributed by atoms with Gasteiger partial charge in [0.15, 0.2) is 11.5 Å². The zero-order valence-corrected chi connectivity index (χ0v) is 12.9. The van der Waals surface area contributed by atoms with Crippen LogP contribution < -0.4 is 15.2 Å². The first-order valence-electron chi connectivity index (χ1n) is 8.08. The molecule has 0 saturated heterocycles. The first-order chi connectivity index (χ1) is 10.3. The van der Waals surface area contributed by atoms with Crippen LogP contribution in [-0.4, -0.2) is 38.3 Å². The van der Waals surface area contributed by atoms with Crippen LogP contribution in [0.25, 0.3) is 0 Å². The summed E-state index contributed by atoms with van der Waals surface area (Å²) in [6, 6.07) is 6.48. The summed E-state index contributed by atoms with van der Waals surface area (Å²) in [5.41, 5.74) is 7.27. The van der Waals surface area contributed by atoms with Gasteiger partial charge < -0.3 is 15.2 Å². The van der Waals surface area contributed by atoms with Crippen LogP contribution in [-0.2, 0) is 0 Å². The third-order valence-electron chi connectivity index (χ3n) is 4.73. The summed E-state index contributed by atoms with van der Waals surface area (Å²) < 4.78 is 11.3. The third-order valence-corrected chi connectivity index (χ3v) is 4.73. The van der Waals surface area contributed by atoms with Crippen molar-refractivity contribution in [1.29, 1.82) is 0 Å². The van der Waals surface area contributed by atoms with Crippen LogP contribution in [0.3, 0.4) is 0 Å². The Morgan fingerprint density at radius 3 is 2.62 bits per heavy atom. The molecule has 2 N–H and O–H groups in total. The molecule has 1 aliphatic heterocycles. The Balaban J connectivity index is 1.72. The Bertz CT molecular complexity index is 472. The Kier molecular flexibility index (Phi) is 4.66. The Hall–Kier alpha value is -1.26. The summed E-state index contributed by atoms with van der Waals surface area (Å²) in [5.74, 6) is 2.53. The van der Waals surface area contributed by atoms with E-state index in [0.29, 0.717) is 19.8 Å². The lowest BCUT2D eigenvalue weighted by molar-refractivity contribution is 0.170. The molecular formula is C17H26N2O2. The van der Waals surface area contributed by atoms with Crippen molar-refractivity contribution >= 4 is 0 Å². The van der Waals surface area contributed by atoms with E-state index < -0.39 is 0 Å². The standard InChI is InChI=1S/C17H26N2O2/c1-19(12-13-4-2-3-5-13)15(11-18)14-6-7-16-17(10-14)21-9-8-20-16/h6-7,10,13,15H,2-5,8-9,11-12,18H2,1H3. The van der Waals surface area contributed by atoms with Gasteiger partial charge in [-0.3, -0.25) is 4.90 Å². The molecule has 1 aromatic carbocycles. The quantitative estimate of drug-likeness (QED) is 0.905. The lowest BCUT2D eigenvalue weighted by atomic mass is 10.0. The number of ether oxygens (including phenoxy) is 2. The van der Waals surface area contributed by atoms with Gasteiger partial charge in [-0.2, -0.15) is 0 Å². The van der Waals surface area contributed by atoms with E-state index in [9.17, 15) is 0 Å². The smallest absolute Gasteiger partial charge is 0.161 e. The van der Waals surface area contributed by atoms with Crippen molar-refractivity contribution in [2.45, 2.75) is 31.7 Å². The van der Waals surface area contributed by atoms with Crippen molar-refractivity contribution in [1.82, 2.24) is 4.90 Å². The van der Waals surface area contributed by atoms with Crippen LogP contribution in [0.5, 0.6) is 11.5 Å². The summed E-state index contributed by atoms with van der Waals surface area (Å²) in [6.07, 6.45) is 5.50. The molecule has 0 radical (unpaired) electrons. The highest BCUT2D eigenvalue weighted by Crippen LogP contribution is 2.34. The first-order valence-corrected chi connectivity index (χ1v) is 8.08. The van der Waals surface area contributed by atoms with Gasteiger partial charge in [0.25, 0.3) is 0 Å². The normalized spacial score (nSPS) is 20.0. The minimum absolute atomic E-state index is 0.251. The molecular weight excluding hydrogens is 264 g/mol. The van der Waals surface area contributed by atoms with Crippen LogP contribution >= 0.6 is 0 Å². The maximum absolute atomic E-state index is 6.04. The Labute approximate surface area is 127 Å². The first kappa shape index (κ1) is 14.7. The number of hydrogen-bond acceptors (Lipinski definition) is 4. The van der Waals surface area contributed by atoms with E-state index in [1.807, 2.05) is 6.07 Å². The van der Waals surface area contributed by atoms with Crippen LogP contribution in [0.15, 0.2) is 18.2 Å². The number of nitrogens with zero attached hydrogens (tertiary/aromatic N) is 1. The second-order valence-corrected chi connectivity index (χ2v) is 6.24. The maximum Gasteiger partial charge on any atom is 0.161 e. The monoisotopic (exact) mass is 290 g/mol. The average molecular weight is 290 g/mol. The molecule has 1 aliphatic carbocycles. The molecule has 1 unspecified atom stereocenters. The van der Waals surface area contributed by atoms with E-state index in [1.165, 1.54) is 31.2 Å². The highest BCUT2D eigenvalue weighted by atomic mass is 16.6. The fraction of sp³-hybridized carbons (Fsp3) is 0.647. The van der Waals surface area contributed by atoms with Gasteiger partial charge in [-0.25, -0.2) is 0 Å². The van der Waals surface area contributed by atoms with Gasteiger partial charge in [0.2, 0.25) is 0 Å². The molecule has 1 heterocycles. The van der Waals surface area contributed by atoms with Crippen molar-refractivity contribution in [2.75, 3.05) is 33.4 Å². The number of hydrogen-bond donors (Lipinski definition) is 1. The summed E-state index contributed by atoms with van der Waals surface area (Å²) in [6.45, 7) is 3.02. The molecule has 0 bridgehead atoms. The predicted molar refractivity (Wildman–Crippen MR) is 83.8 cm³/mol. The van der Waals surface area contributed by atoms with E-state index in [-0.39, 0.29) is 6.04 Å². The molecule has 1 aromatic rings. The van der Waals surface area contributed by atoms with Crippen LogP contribution in [0.1, 0.15) is 37.3 Å². The third kappa shape index (κ3) is 3.33. The van der Waals surface area contributed by atoms with E-state index in [2.05, 4.69) is 24.1 Å². The molecule has 0 amide bonds. The lowest BCUT2D eigenvalue weighted by Gasteiger charge is -2.30. The Morgan fingerprint density at radius 1 is 1.19 bits per heavy atom. The van der Waals surface area contributed by atoms with Gasteiger partial charge in [-0.15, -0.1) is 0 Å². The van der Waals surface area contributed by atoms with Crippen molar-refractivity contribution < 1.29 is 9.47 Å². The Morgan fingerprint density at radius 2 is 1.90 bits per heavy atom. The summed E-state index contributed by atoms with van der Waals surface area (Å²) in [4.78, 5) is 2.40. The van der Waals surface area contributed by atoms with Crippen LogP contribution in [0, 0.1) is 5.92 Å². The summed E-state index contributed by atoms with van der Waals surface area (Å²) >= 11 is 0. The topological polar surface area (TPSA) is 47.7 Å². The molecule has 116 valence electrons. The molecule has 21 heavy (non-hydrogen) atoms. The fourth-order valence-corrected chi connectivity index (χ4v) is 3.57. The van der Waals surface area contributed by atoms with Gasteiger partial charge >= 0.3 is 0 Å². The molecule has 2 aliphatic rings. The molecule has 3 rings (SSSR count). The minimum Gasteiger partial charge on any atom is -0.486 e. The molecule has 1 saturated carbocycles. The van der Waals surface area contributed by atoms with Gasteiger partial charge in [0.05, 0.1) is 0 Å². The second kappa shape index (κ2) is 6.67. The van der Waals surface area contributed by atoms with Crippen molar-refractivity contribution in [3.8, 4) is 11.5 Å². The number of nitrogens with two attached hydrogens (primary N) is 1. The van der Waals surface area contributed by atoms with Gasteiger partial charge in [-0.05, 0) is 43.5 Å². The number of likely N-dealkylation sites (N-methyl/N-ethyl adjacent to an activating group) is 1. The fourth-order valence-electron chi connectivity index (χ4n) is 3.57. The van der Waals surface area contributed by atoms with E-state index >= 15 is 0 Å². The largest absolute Gasteiger partial charge is 0.486 e. The van der Waals surface area contributed by atoms with Gasteiger partial charge in [-0.1, -0.05) is 18.9 Å². The SMILES string of the molecule is CN(CC1CCCC1)C(CN)c1ccc2c(c1)OCCO2. The molecule has 0 spiro atoms. The lowest BCUT2D eigenvalue weighted by Crippen LogP contribution is -2.33. The summed E-state index contributed by atoms with van der Waals surface area (Å²) in [5, 5.41) is 0. The molecule has 0 aromatic heterocycles. The predicted octanol–water partition coefficient (Wildman–Crippen LogP) is 2.58. The van der Waals surface area contributed by atoms with Crippen LogP contribution in [0.2, 0.25) is 0 Å².